The number of nitrogen functional groups attached to an aromatic ring is 1. The van der Waals surface area contributed by atoms with Crippen LogP contribution in [0.15, 0.2) is 47.1 Å². The number of oxazole rings is 1. The molecule has 126 valence electrons. The fourth-order valence-electron chi connectivity index (χ4n) is 2.70. The highest BCUT2D eigenvalue weighted by molar-refractivity contribution is 5.93. The Balaban J connectivity index is 1.77. The molecule has 8 nitrogen and oxygen atoms in total. The molecule has 0 aliphatic rings. The summed E-state index contributed by atoms with van der Waals surface area (Å²) in [4.78, 5) is 20.6. The molecule has 0 spiro atoms. The number of nitrogens with zero attached hydrogens (tertiary/aromatic N) is 3. The number of imidazole rings is 1. The smallest absolute Gasteiger partial charge is 0.292 e. The van der Waals surface area contributed by atoms with Crippen molar-refractivity contribution in [3.8, 4) is 11.1 Å². The molecule has 8 heteroatoms. The minimum atomic E-state index is -0.293. The molecule has 0 saturated carbocycles. The molecule has 1 amide bonds. The molecular formula is C17H15N5O3. The van der Waals surface area contributed by atoms with Crippen LogP contribution in [0.3, 0.4) is 0 Å². The van der Waals surface area contributed by atoms with Crippen molar-refractivity contribution in [1.82, 2.24) is 19.7 Å². The third kappa shape index (κ3) is 2.68. The average Bonchev–Trinajstić information content (AvgIpc) is 3.20. The number of benzene rings is 1. The predicted octanol–water partition coefficient (Wildman–Crippen LogP) is 1.45. The summed E-state index contributed by atoms with van der Waals surface area (Å²) >= 11 is 0. The molecule has 0 saturated heterocycles. The molecule has 0 radical (unpaired) electrons. The number of aromatic nitrogens is 3. The fraction of sp³-hybridized carbons (Fsp3) is 0.118. The number of hydrogen-bond acceptors (Lipinski definition) is 6. The molecule has 4 aromatic rings. The Hall–Kier alpha value is -3.39. The van der Waals surface area contributed by atoms with Gasteiger partial charge in [-0.1, -0.05) is 6.07 Å². The van der Waals surface area contributed by atoms with Gasteiger partial charge in [-0.25, -0.2) is 4.98 Å². The Bertz CT molecular complexity index is 1080. The Morgan fingerprint density at radius 3 is 2.96 bits per heavy atom. The first kappa shape index (κ1) is 15.2. The number of hydrogen-bond donors (Lipinski definition) is 3. The zero-order valence-corrected chi connectivity index (χ0v) is 13.1. The second kappa shape index (κ2) is 5.91. The van der Waals surface area contributed by atoms with Crippen molar-refractivity contribution >= 4 is 28.7 Å². The second-order valence-corrected chi connectivity index (χ2v) is 5.50. The van der Waals surface area contributed by atoms with E-state index in [1.54, 1.807) is 10.5 Å². The summed E-state index contributed by atoms with van der Waals surface area (Å²) in [6.07, 6.45) is 3.34. The molecule has 0 fully saturated rings. The molecule has 0 unspecified atom stereocenters. The molecule has 0 aliphatic heterocycles. The van der Waals surface area contributed by atoms with Crippen LogP contribution in [-0.2, 0) is 0 Å². The summed E-state index contributed by atoms with van der Waals surface area (Å²) < 4.78 is 6.99. The standard InChI is InChI=1S/C17H15N5O3/c18-17-21-12-7-10(1-3-14(12)25-17)11-2-4-15-20-8-13(22(15)9-11)16(24)19-5-6-23/h1-4,7-9,23H,5-6H2,(H2,18,21)(H,19,24). The van der Waals surface area contributed by atoms with Gasteiger partial charge in [-0.15, -0.1) is 0 Å². The zero-order chi connectivity index (χ0) is 17.4. The van der Waals surface area contributed by atoms with E-state index in [4.69, 9.17) is 15.3 Å². The molecular weight excluding hydrogens is 322 g/mol. The van der Waals surface area contributed by atoms with Gasteiger partial charge in [-0.2, -0.15) is 4.98 Å². The molecule has 4 rings (SSSR count). The van der Waals surface area contributed by atoms with Gasteiger partial charge >= 0.3 is 0 Å². The number of rotatable bonds is 4. The van der Waals surface area contributed by atoms with E-state index < -0.39 is 0 Å². The van der Waals surface area contributed by atoms with E-state index in [0.717, 1.165) is 11.1 Å². The Morgan fingerprint density at radius 1 is 1.28 bits per heavy atom. The number of carbonyl (C=O) groups is 1. The van der Waals surface area contributed by atoms with E-state index in [1.807, 2.05) is 30.5 Å². The molecule has 0 atom stereocenters. The first-order chi connectivity index (χ1) is 12.2. The number of nitrogens with two attached hydrogens (primary N) is 1. The third-order valence-electron chi connectivity index (χ3n) is 3.87. The van der Waals surface area contributed by atoms with E-state index in [2.05, 4.69) is 15.3 Å². The number of fused-ring (bicyclic) bond motifs is 2. The lowest BCUT2D eigenvalue weighted by Gasteiger charge is -2.06. The molecule has 3 aromatic heterocycles. The van der Waals surface area contributed by atoms with Crippen LogP contribution < -0.4 is 11.1 Å². The lowest BCUT2D eigenvalue weighted by Crippen LogP contribution is -2.27. The first-order valence-corrected chi connectivity index (χ1v) is 7.68. The number of pyridine rings is 1. The van der Waals surface area contributed by atoms with Gasteiger partial charge in [0, 0.05) is 12.7 Å². The molecule has 4 N–H and O–H groups in total. The van der Waals surface area contributed by atoms with E-state index >= 15 is 0 Å². The maximum atomic E-state index is 12.2. The van der Waals surface area contributed by atoms with E-state index in [-0.39, 0.29) is 25.1 Å². The van der Waals surface area contributed by atoms with Gasteiger partial charge in [-0.3, -0.25) is 9.20 Å². The highest BCUT2D eigenvalue weighted by atomic mass is 16.4. The zero-order valence-electron chi connectivity index (χ0n) is 13.1. The summed E-state index contributed by atoms with van der Waals surface area (Å²) in [5.41, 5.74) is 9.73. The number of aliphatic hydroxyl groups is 1. The maximum Gasteiger partial charge on any atom is 0.292 e. The van der Waals surface area contributed by atoms with Gasteiger partial charge in [0.1, 0.15) is 16.9 Å². The van der Waals surface area contributed by atoms with Crippen LogP contribution in [-0.4, -0.2) is 38.5 Å². The first-order valence-electron chi connectivity index (χ1n) is 7.68. The van der Waals surface area contributed by atoms with Crippen LogP contribution >= 0.6 is 0 Å². The Kier molecular flexibility index (Phi) is 3.58. The average molecular weight is 337 g/mol. The Morgan fingerprint density at radius 2 is 2.12 bits per heavy atom. The number of nitrogens with one attached hydrogen (secondary N) is 1. The van der Waals surface area contributed by atoms with Crippen molar-refractivity contribution in [3.63, 3.8) is 0 Å². The van der Waals surface area contributed by atoms with Gasteiger partial charge in [0.25, 0.3) is 11.9 Å². The molecule has 1 aromatic carbocycles. The van der Waals surface area contributed by atoms with Crippen molar-refractivity contribution < 1.29 is 14.3 Å². The van der Waals surface area contributed by atoms with Crippen LogP contribution in [0.25, 0.3) is 27.9 Å². The largest absolute Gasteiger partial charge is 0.424 e. The van der Waals surface area contributed by atoms with Crippen LogP contribution in [0, 0.1) is 0 Å². The highest BCUT2D eigenvalue weighted by Crippen LogP contribution is 2.26. The van der Waals surface area contributed by atoms with E-state index in [0.29, 0.717) is 22.4 Å². The normalized spacial score (nSPS) is 11.2. The molecule has 25 heavy (non-hydrogen) atoms. The SMILES string of the molecule is Nc1nc2cc(-c3ccc4ncc(C(=O)NCCO)n4c3)ccc2o1. The van der Waals surface area contributed by atoms with Gasteiger partial charge in [0.15, 0.2) is 5.58 Å². The lowest BCUT2D eigenvalue weighted by atomic mass is 10.1. The number of aliphatic hydroxyl groups excluding tert-OH is 1. The van der Waals surface area contributed by atoms with Crippen LogP contribution in [0.4, 0.5) is 6.01 Å². The molecule has 3 heterocycles. The predicted molar refractivity (Wildman–Crippen MR) is 92.0 cm³/mol. The minimum Gasteiger partial charge on any atom is -0.424 e. The van der Waals surface area contributed by atoms with Gasteiger partial charge in [-0.05, 0) is 35.4 Å². The summed E-state index contributed by atoms with van der Waals surface area (Å²) in [6, 6.07) is 9.46. The quantitative estimate of drug-likeness (QED) is 0.518. The number of anilines is 1. The minimum absolute atomic E-state index is 0.116. The van der Waals surface area contributed by atoms with E-state index in [9.17, 15) is 4.79 Å². The van der Waals surface area contributed by atoms with Crippen LogP contribution in [0.1, 0.15) is 10.5 Å². The van der Waals surface area contributed by atoms with Gasteiger partial charge in [0.2, 0.25) is 0 Å². The van der Waals surface area contributed by atoms with E-state index in [1.165, 1.54) is 6.20 Å². The number of amides is 1. The third-order valence-corrected chi connectivity index (χ3v) is 3.87. The summed E-state index contributed by atoms with van der Waals surface area (Å²) in [6.45, 7) is 0.0740. The summed E-state index contributed by atoms with van der Waals surface area (Å²) in [5, 5.41) is 11.5. The topological polar surface area (TPSA) is 119 Å². The van der Waals surface area contributed by atoms with Crippen molar-refractivity contribution in [1.29, 1.82) is 0 Å². The number of carbonyl (C=O) groups excluding carboxylic acids is 1. The Labute approximate surface area is 141 Å². The van der Waals surface area contributed by atoms with Crippen LogP contribution in [0.2, 0.25) is 0 Å². The van der Waals surface area contributed by atoms with Crippen molar-refractivity contribution in [2.45, 2.75) is 0 Å². The lowest BCUT2D eigenvalue weighted by molar-refractivity contribution is 0.0939. The fourth-order valence-corrected chi connectivity index (χ4v) is 2.70. The van der Waals surface area contributed by atoms with Gasteiger partial charge in [0.05, 0.1) is 12.8 Å². The van der Waals surface area contributed by atoms with Crippen molar-refractivity contribution in [3.05, 3.63) is 48.4 Å². The summed E-state index contributed by atoms with van der Waals surface area (Å²) in [7, 11) is 0. The van der Waals surface area contributed by atoms with Crippen molar-refractivity contribution in [2.75, 3.05) is 18.9 Å². The van der Waals surface area contributed by atoms with Crippen molar-refractivity contribution in [2.24, 2.45) is 0 Å². The summed E-state index contributed by atoms with van der Waals surface area (Å²) in [5.74, 6) is -0.293. The van der Waals surface area contributed by atoms with Crippen LogP contribution in [0.5, 0.6) is 0 Å². The molecule has 0 aliphatic carbocycles. The highest BCUT2D eigenvalue weighted by Gasteiger charge is 2.13. The second-order valence-electron chi connectivity index (χ2n) is 5.50. The maximum absolute atomic E-state index is 12.2. The molecule has 0 bridgehead atoms. The van der Waals surface area contributed by atoms with Gasteiger partial charge < -0.3 is 20.6 Å². The monoisotopic (exact) mass is 337 g/mol.